The van der Waals surface area contributed by atoms with Crippen molar-refractivity contribution < 1.29 is 14.6 Å². The first kappa shape index (κ1) is 14.8. The standard InChI is InChI=1S/C14H19ClO3/c1-8(2)18-14-9(3)7-12(15)10(4)11(14)5-6-13(16)17/h7-8H,5-6H2,1-4H3,(H,16,17). The predicted molar refractivity (Wildman–Crippen MR) is 72.6 cm³/mol. The molecule has 0 saturated carbocycles. The Bertz CT molecular complexity index is 453. The van der Waals surface area contributed by atoms with Gasteiger partial charge in [-0.2, -0.15) is 0 Å². The first-order chi connectivity index (χ1) is 8.32. The van der Waals surface area contributed by atoms with Gasteiger partial charge in [0.15, 0.2) is 0 Å². The smallest absolute Gasteiger partial charge is 0.303 e. The highest BCUT2D eigenvalue weighted by Gasteiger charge is 2.16. The summed E-state index contributed by atoms with van der Waals surface area (Å²) in [6.45, 7) is 7.72. The highest BCUT2D eigenvalue weighted by Crippen LogP contribution is 2.33. The number of carbonyl (C=O) groups is 1. The third-order valence-electron chi connectivity index (χ3n) is 2.73. The van der Waals surface area contributed by atoms with E-state index in [2.05, 4.69) is 0 Å². The molecule has 1 aromatic rings. The van der Waals surface area contributed by atoms with E-state index in [1.54, 1.807) is 0 Å². The fourth-order valence-corrected chi connectivity index (χ4v) is 2.13. The van der Waals surface area contributed by atoms with Gasteiger partial charge in [-0.15, -0.1) is 0 Å². The second-order valence-electron chi connectivity index (χ2n) is 4.67. The maximum Gasteiger partial charge on any atom is 0.303 e. The van der Waals surface area contributed by atoms with Crippen molar-refractivity contribution in [3.05, 3.63) is 27.8 Å². The zero-order valence-corrected chi connectivity index (χ0v) is 12.0. The van der Waals surface area contributed by atoms with Crippen LogP contribution < -0.4 is 4.74 Å². The van der Waals surface area contributed by atoms with E-state index in [0.717, 1.165) is 22.4 Å². The first-order valence-electron chi connectivity index (χ1n) is 6.00. The van der Waals surface area contributed by atoms with Gasteiger partial charge in [-0.3, -0.25) is 4.79 Å². The van der Waals surface area contributed by atoms with Crippen molar-refractivity contribution in [2.45, 2.75) is 46.6 Å². The van der Waals surface area contributed by atoms with Crippen LogP contribution in [0.5, 0.6) is 5.75 Å². The monoisotopic (exact) mass is 270 g/mol. The summed E-state index contributed by atoms with van der Waals surface area (Å²) in [7, 11) is 0. The molecular formula is C14H19ClO3. The van der Waals surface area contributed by atoms with E-state index in [0.29, 0.717) is 11.4 Å². The average molecular weight is 271 g/mol. The van der Waals surface area contributed by atoms with Crippen LogP contribution in [0.15, 0.2) is 6.07 Å². The average Bonchev–Trinajstić information content (AvgIpc) is 2.24. The Kier molecular flexibility index (Phi) is 5.03. The zero-order valence-electron chi connectivity index (χ0n) is 11.2. The number of ether oxygens (including phenoxy) is 1. The summed E-state index contributed by atoms with van der Waals surface area (Å²) in [4.78, 5) is 10.7. The van der Waals surface area contributed by atoms with Crippen molar-refractivity contribution in [3.63, 3.8) is 0 Å². The lowest BCUT2D eigenvalue weighted by Crippen LogP contribution is -2.11. The van der Waals surface area contributed by atoms with Crippen molar-refractivity contribution >= 4 is 17.6 Å². The van der Waals surface area contributed by atoms with Gasteiger partial charge in [0.1, 0.15) is 5.75 Å². The van der Waals surface area contributed by atoms with Gasteiger partial charge in [0, 0.05) is 11.4 Å². The molecule has 0 unspecified atom stereocenters. The number of aryl methyl sites for hydroxylation is 1. The molecular weight excluding hydrogens is 252 g/mol. The number of carboxylic acids is 1. The Morgan fingerprint density at radius 1 is 1.44 bits per heavy atom. The molecule has 18 heavy (non-hydrogen) atoms. The molecule has 0 aliphatic heterocycles. The number of hydrogen-bond donors (Lipinski definition) is 1. The molecule has 0 spiro atoms. The van der Waals surface area contributed by atoms with Crippen LogP contribution in [0, 0.1) is 13.8 Å². The molecule has 0 bridgehead atoms. The molecule has 0 aliphatic rings. The summed E-state index contributed by atoms with van der Waals surface area (Å²) in [5.74, 6) is -0.0457. The Morgan fingerprint density at radius 2 is 2.06 bits per heavy atom. The SMILES string of the molecule is Cc1cc(Cl)c(C)c(CCC(=O)O)c1OC(C)C. The summed E-state index contributed by atoms with van der Waals surface area (Å²) in [6.07, 6.45) is 0.563. The van der Waals surface area contributed by atoms with Crippen LogP contribution in [0.3, 0.4) is 0 Å². The topological polar surface area (TPSA) is 46.5 Å². The summed E-state index contributed by atoms with van der Waals surface area (Å²) in [5.41, 5.74) is 2.75. The van der Waals surface area contributed by atoms with Gasteiger partial charge >= 0.3 is 5.97 Å². The molecule has 0 atom stereocenters. The van der Waals surface area contributed by atoms with Crippen molar-refractivity contribution in [1.82, 2.24) is 0 Å². The third-order valence-corrected chi connectivity index (χ3v) is 3.12. The lowest BCUT2D eigenvalue weighted by Gasteiger charge is -2.19. The van der Waals surface area contributed by atoms with Crippen molar-refractivity contribution in [3.8, 4) is 5.75 Å². The molecule has 1 aromatic carbocycles. The number of hydrogen-bond acceptors (Lipinski definition) is 2. The van der Waals surface area contributed by atoms with Crippen LogP contribution in [0.1, 0.15) is 37.0 Å². The van der Waals surface area contributed by atoms with Crippen LogP contribution in [-0.4, -0.2) is 17.2 Å². The Morgan fingerprint density at radius 3 is 2.56 bits per heavy atom. The lowest BCUT2D eigenvalue weighted by molar-refractivity contribution is -0.136. The third kappa shape index (κ3) is 3.64. The van der Waals surface area contributed by atoms with Crippen LogP contribution in [0.4, 0.5) is 0 Å². The maximum atomic E-state index is 10.7. The van der Waals surface area contributed by atoms with E-state index in [4.69, 9.17) is 21.4 Å². The normalized spacial score (nSPS) is 10.8. The highest BCUT2D eigenvalue weighted by atomic mass is 35.5. The largest absolute Gasteiger partial charge is 0.490 e. The lowest BCUT2D eigenvalue weighted by atomic mass is 9.99. The summed E-state index contributed by atoms with van der Waals surface area (Å²) < 4.78 is 5.79. The number of halogens is 1. The Labute approximate surface area is 113 Å². The molecule has 4 heteroatoms. The van der Waals surface area contributed by atoms with Crippen molar-refractivity contribution in [2.24, 2.45) is 0 Å². The van der Waals surface area contributed by atoms with Gasteiger partial charge in [0.2, 0.25) is 0 Å². The van der Waals surface area contributed by atoms with Crippen LogP contribution >= 0.6 is 11.6 Å². The van der Waals surface area contributed by atoms with Crippen molar-refractivity contribution in [2.75, 3.05) is 0 Å². The van der Waals surface area contributed by atoms with Gasteiger partial charge in [-0.05, 0) is 56.9 Å². The van der Waals surface area contributed by atoms with Crippen LogP contribution in [-0.2, 0) is 11.2 Å². The van der Waals surface area contributed by atoms with E-state index in [1.807, 2.05) is 33.8 Å². The number of carboxylic acid groups (broad SMARTS) is 1. The minimum atomic E-state index is -0.817. The quantitative estimate of drug-likeness (QED) is 0.886. The second kappa shape index (κ2) is 6.10. The Hall–Kier alpha value is -1.22. The molecule has 1 N–H and O–H groups in total. The highest BCUT2D eigenvalue weighted by molar-refractivity contribution is 6.31. The van der Waals surface area contributed by atoms with Gasteiger partial charge in [-0.25, -0.2) is 0 Å². The molecule has 0 amide bonds. The Balaban J connectivity index is 3.19. The summed E-state index contributed by atoms with van der Waals surface area (Å²) in [5, 5.41) is 9.46. The van der Waals surface area contributed by atoms with Gasteiger partial charge in [0.25, 0.3) is 0 Å². The van der Waals surface area contributed by atoms with E-state index in [-0.39, 0.29) is 12.5 Å². The number of benzene rings is 1. The molecule has 0 fully saturated rings. The van der Waals surface area contributed by atoms with Crippen molar-refractivity contribution in [1.29, 1.82) is 0 Å². The van der Waals surface area contributed by atoms with E-state index in [9.17, 15) is 4.79 Å². The molecule has 3 nitrogen and oxygen atoms in total. The fraction of sp³-hybridized carbons (Fsp3) is 0.500. The van der Waals surface area contributed by atoms with E-state index < -0.39 is 5.97 Å². The minimum absolute atomic E-state index is 0.0489. The van der Waals surface area contributed by atoms with E-state index >= 15 is 0 Å². The van der Waals surface area contributed by atoms with Crippen LogP contribution in [0.2, 0.25) is 5.02 Å². The fourth-order valence-electron chi connectivity index (χ4n) is 1.85. The minimum Gasteiger partial charge on any atom is -0.490 e. The molecule has 100 valence electrons. The molecule has 0 aliphatic carbocycles. The molecule has 1 rings (SSSR count). The second-order valence-corrected chi connectivity index (χ2v) is 5.08. The van der Waals surface area contributed by atoms with Gasteiger partial charge < -0.3 is 9.84 Å². The summed E-state index contributed by atoms with van der Waals surface area (Å²) in [6, 6.07) is 1.86. The number of aliphatic carboxylic acids is 1. The predicted octanol–water partition coefficient (Wildman–Crippen LogP) is 3.76. The molecule has 0 saturated heterocycles. The molecule has 0 aromatic heterocycles. The maximum absolute atomic E-state index is 10.7. The van der Waals surface area contributed by atoms with Gasteiger partial charge in [-0.1, -0.05) is 11.6 Å². The zero-order chi connectivity index (χ0) is 13.9. The molecule has 0 heterocycles. The number of rotatable bonds is 5. The molecule has 0 radical (unpaired) electrons. The first-order valence-corrected chi connectivity index (χ1v) is 6.37. The van der Waals surface area contributed by atoms with Crippen LogP contribution in [0.25, 0.3) is 0 Å². The van der Waals surface area contributed by atoms with Gasteiger partial charge in [0.05, 0.1) is 6.10 Å². The summed E-state index contributed by atoms with van der Waals surface area (Å²) >= 11 is 6.14. The van der Waals surface area contributed by atoms with E-state index in [1.165, 1.54) is 0 Å².